The van der Waals surface area contributed by atoms with Crippen LogP contribution in [0.2, 0.25) is 5.02 Å². The van der Waals surface area contributed by atoms with E-state index in [9.17, 15) is 18.4 Å². The molecule has 26 heavy (non-hydrogen) atoms. The Labute approximate surface area is 157 Å². The molecule has 0 saturated heterocycles. The van der Waals surface area contributed by atoms with Crippen molar-refractivity contribution in [1.82, 2.24) is 0 Å². The minimum absolute atomic E-state index is 0.0185. The van der Waals surface area contributed by atoms with Gasteiger partial charge in [-0.15, -0.1) is 11.8 Å². The number of halogens is 3. The number of hydrogen-bond acceptors (Lipinski definition) is 5. The van der Waals surface area contributed by atoms with E-state index < -0.39 is 30.1 Å². The van der Waals surface area contributed by atoms with Crippen LogP contribution in [-0.4, -0.2) is 31.3 Å². The number of esters is 1. The third-order valence-corrected chi connectivity index (χ3v) is 4.28. The van der Waals surface area contributed by atoms with Crippen LogP contribution in [0.25, 0.3) is 0 Å². The van der Waals surface area contributed by atoms with Crippen molar-refractivity contribution in [3.8, 4) is 5.75 Å². The predicted octanol–water partition coefficient (Wildman–Crippen LogP) is 3.90. The summed E-state index contributed by atoms with van der Waals surface area (Å²) >= 11 is 6.63. The van der Waals surface area contributed by atoms with E-state index in [2.05, 4.69) is 5.32 Å². The fraction of sp³-hybridized carbons (Fsp3) is 0.176. The summed E-state index contributed by atoms with van der Waals surface area (Å²) in [6.45, 7) is -0.541. The topological polar surface area (TPSA) is 64.6 Å². The smallest absolute Gasteiger partial charge is 0.316 e. The van der Waals surface area contributed by atoms with Crippen molar-refractivity contribution in [2.45, 2.75) is 4.90 Å². The lowest BCUT2D eigenvalue weighted by atomic mass is 10.3. The number of anilines is 1. The van der Waals surface area contributed by atoms with Crippen molar-refractivity contribution in [2.75, 3.05) is 24.8 Å². The first-order valence-electron chi connectivity index (χ1n) is 7.26. The van der Waals surface area contributed by atoms with Crippen molar-refractivity contribution in [2.24, 2.45) is 0 Å². The van der Waals surface area contributed by atoms with E-state index in [0.717, 1.165) is 30.0 Å². The Morgan fingerprint density at radius 1 is 1.19 bits per heavy atom. The summed E-state index contributed by atoms with van der Waals surface area (Å²) < 4.78 is 36.4. The van der Waals surface area contributed by atoms with Crippen molar-refractivity contribution in [3.05, 3.63) is 53.1 Å². The first-order valence-corrected chi connectivity index (χ1v) is 8.62. The Bertz CT molecular complexity index is 819. The van der Waals surface area contributed by atoms with Crippen molar-refractivity contribution in [3.63, 3.8) is 0 Å². The van der Waals surface area contributed by atoms with E-state index in [-0.39, 0.29) is 10.6 Å². The van der Waals surface area contributed by atoms with Crippen LogP contribution in [0, 0.1) is 11.6 Å². The molecule has 9 heteroatoms. The Kier molecular flexibility index (Phi) is 7.23. The Hall–Kier alpha value is -2.32. The van der Waals surface area contributed by atoms with Crippen LogP contribution in [0.5, 0.6) is 5.75 Å². The molecule has 0 aliphatic carbocycles. The van der Waals surface area contributed by atoms with Gasteiger partial charge in [-0.3, -0.25) is 9.59 Å². The van der Waals surface area contributed by atoms with Gasteiger partial charge in [-0.2, -0.15) is 0 Å². The molecule has 1 amide bonds. The van der Waals surface area contributed by atoms with E-state index in [4.69, 9.17) is 21.1 Å². The number of carbonyl (C=O) groups is 2. The zero-order valence-corrected chi connectivity index (χ0v) is 15.1. The molecule has 0 aliphatic heterocycles. The van der Waals surface area contributed by atoms with Gasteiger partial charge in [0.05, 0.1) is 18.6 Å². The molecule has 5 nitrogen and oxygen atoms in total. The van der Waals surface area contributed by atoms with Gasteiger partial charge in [-0.1, -0.05) is 11.6 Å². The highest BCUT2D eigenvalue weighted by Gasteiger charge is 2.13. The van der Waals surface area contributed by atoms with Crippen molar-refractivity contribution in [1.29, 1.82) is 0 Å². The van der Waals surface area contributed by atoms with E-state index in [0.29, 0.717) is 16.5 Å². The molecule has 0 bridgehead atoms. The number of rotatable bonds is 7. The number of ether oxygens (including phenoxy) is 2. The molecule has 0 aromatic heterocycles. The van der Waals surface area contributed by atoms with Gasteiger partial charge >= 0.3 is 5.97 Å². The third-order valence-electron chi connectivity index (χ3n) is 3.04. The molecule has 0 aliphatic rings. The minimum Gasteiger partial charge on any atom is -0.495 e. The van der Waals surface area contributed by atoms with Gasteiger partial charge in [0.15, 0.2) is 6.61 Å². The summed E-state index contributed by atoms with van der Waals surface area (Å²) in [6.07, 6.45) is 0. The highest BCUT2D eigenvalue weighted by molar-refractivity contribution is 8.00. The van der Waals surface area contributed by atoms with Crippen LogP contribution in [-0.2, 0) is 14.3 Å². The highest BCUT2D eigenvalue weighted by Crippen LogP contribution is 2.27. The number of carbonyl (C=O) groups excluding carboxylic acids is 2. The maximum atomic E-state index is 13.5. The first-order chi connectivity index (χ1) is 12.4. The lowest BCUT2D eigenvalue weighted by molar-refractivity contribution is -0.144. The number of hydrogen-bond donors (Lipinski definition) is 1. The van der Waals surface area contributed by atoms with Crippen LogP contribution < -0.4 is 10.1 Å². The molecule has 0 saturated carbocycles. The standard InChI is InChI=1S/C17H14ClF2NO4S/c1-24-14-5-2-10(18)6-13(14)21-16(22)8-25-17(23)9-26-15-7-11(19)3-4-12(15)20/h2-7H,8-9H2,1H3,(H,21,22). The predicted molar refractivity (Wildman–Crippen MR) is 94.7 cm³/mol. The second-order valence-corrected chi connectivity index (χ2v) is 6.37. The van der Waals surface area contributed by atoms with Crippen LogP contribution in [0.4, 0.5) is 14.5 Å². The van der Waals surface area contributed by atoms with Gasteiger partial charge in [0, 0.05) is 9.92 Å². The van der Waals surface area contributed by atoms with Crippen LogP contribution in [0.15, 0.2) is 41.3 Å². The average molecular weight is 402 g/mol. The van der Waals surface area contributed by atoms with Crippen LogP contribution in [0.3, 0.4) is 0 Å². The number of benzene rings is 2. The number of nitrogens with one attached hydrogen (secondary N) is 1. The Morgan fingerprint density at radius 3 is 2.69 bits per heavy atom. The number of methoxy groups -OCH3 is 1. The minimum atomic E-state index is -0.744. The SMILES string of the molecule is COc1ccc(Cl)cc1NC(=O)COC(=O)CSc1cc(F)ccc1F. The van der Waals surface area contributed by atoms with Crippen molar-refractivity contribution < 1.29 is 27.8 Å². The number of thioether (sulfide) groups is 1. The molecule has 2 rings (SSSR count). The lowest BCUT2D eigenvalue weighted by Gasteiger charge is -2.11. The van der Waals surface area contributed by atoms with E-state index >= 15 is 0 Å². The molecule has 2 aromatic rings. The summed E-state index contributed by atoms with van der Waals surface area (Å²) in [4.78, 5) is 23.5. The van der Waals surface area contributed by atoms with Crippen molar-refractivity contribution >= 4 is 40.9 Å². The van der Waals surface area contributed by atoms with Gasteiger partial charge < -0.3 is 14.8 Å². The molecule has 0 heterocycles. The quantitative estimate of drug-likeness (QED) is 0.563. The summed E-state index contributed by atoms with van der Waals surface area (Å²) in [7, 11) is 1.43. The largest absolute Gasteiger partial charge is 0.495 e. The fourth-order valence-corrected chi connectivity index (χ4v) is 2.81. The van der Waals surface area contributed by atoms with Crippen LogP contribution >= 0.6 is 23.4 Å². The number of amides is 1. The molecule has 0 fully saturated rings. The second kappa shape index (κ2) is 9.40. The van der Waals surface area contributed by atoms with E-state index in [1.54, 1.807) is 12.1 Å². The molecule has 0 atom stereocenters. The van der Waals surface area contributed by atoms with Gasteiger partial charge in [0.2, 0.25) is 0 Å². The Balaban J connectivity index is 1.82. The van der Waals surface area contributed by atoms with Crippen LogP contribution in [0.1, 0.15) is 0 Å². The molecule has 0 spiro atoms. The molecule has 1 N–H and O–H groups in total. The normalized spacial score (nSPS) is 10.3. The maximum absolute atomic E-state index is 13.5. The summed E-state index contributed by atoms with van der Waals surface area (Å²) in [6, 6.07) is 7.59. The third kappa shape index (κ3) is 5.89. The Morgan fingerprint density at radius 2 is 1.96 bits per heavy atom. The average Bonchev–Trinajstić information content (AvgIpc) is 2.61. The summed E-state index contributed by atoms with van der Waals surface area (Å²) in [5.74, 6) is -2.47. The lowest BCUT2D eigenvalue weighted by Crippen LogP contribution is -2.22. The second-order valence-electron chi connectivity index (χ2n) is 4.92. The molecule has 0 radical (unpaired) electrons. The van der Waals surface area contributed by atoms with E-state index in [1.807, 2.05) is 0 Å². The molecule has 138 valence electrons. The zero-order valence-electron chi connectivity index (χ0n) is 13.6. The maximum Gasteiger partial charge on any atom is 0.316 e. The molecule has 2 aromatic carbocycles. The monoisotopic (exact) mass is 401 g/mol. The molecule has 0 unspecified atom stereocenters. The first kappa shape index (κ1) is 20.0. The molecular formula is C17H14ClF2NO4S. The summed E-state index contributed by atoms with van der Waals surface area (Å²) in [5, 5.41) is 2.90. The van der Waals surface area contributed by atoms with Gasteiger partial charge in [0.1, 0.15) is 17.4 Å². The molecular weight excluding hydrogens is 388 g/mol. The van der Waals surface area contributed by atoms with E-state index in [1.165, 1.54) is 13.2 Å². The van der Waals surface area contributed by atoms with Gasteiger partial charge in [0.25, 0.3) is 5.91 Å². The van der Waals surface area contributed by atoms with Gasteiger partial charge in [-0.25, -0.2) is 8.78 Å². The fourth-order valence-electron chi connectivity index (χ4n) is 1.88. The summed E-state index contributed by atoms with van der Waals surface area (Å²) in [5.41, 5.74) is 0.331. The zero-order chi connectivity index (χ0) is 19.1. The van der Waals surface area contributed by atoms with Gasteiger partial charge in [-0.05, 0) is 36.4 Å². The highest BCUT2D eigenvalue weighted by atomic mass is 35.5.